The van der Waals surface area contributed by atoms with E-state index in [1.165, 1.54) is 4.68 Å². The van der Waals surface area contributed by atoms with Crippen molar-refractivity contribution in [3.05, 3.63) is 16.4 Å². The third-order valence-electron chi connectivity index (χ3n) is 2.24. The van der Waals surface area contributed by atoms with Crippen LogP contribution in [-0.4, -0.2) is 20.9 Å². The monoisotopic (exact) mass is 231 g/mol. The number of carboxylic acids is 1. The van der Waals surface area contributed by atoms with E-state index >= 15 is 0 Å². The van der Waals surface area contributed by atoms with Gasteiger partial charge in [-0.25, -0.2) is 0 Å². The first kappa shape index (κ1) is 12.0. The molecule has 0 saturated heterocycles. The smallest absolute Gasteiger partial charge is 0.303 e. The lowest BCUT2D eigenvalue weighted by molar-refractivity contribution is -0.137. The maximum absolute atomic E-state index is 10.4. The number of halogens is 1. The number of aryl methyl sites for hydroxylation is 2. The zero-order valence-electron chi connectivity index (χ0n) is 8.70. The van der Waals surface area contributed by atoms with Crippen molar-refractivity contribution in [3.63, 3.8) is 0 Å². The molecule has 5 nitrogen and oxygen atoms in total. The molecular weight excluding hydrogens is 218 g/mol. The molecule has 0 spiro atoms. The molecular formula is C9H14ClN3O2. The first-order chi connectivity index (χ1) is 6.93. The number of rotatable bonds is 4. The molecule has 15 heavy (non-hydrogen) atoms. The molecule has 1 aromatic heterocycles. The Morgan fingerprint density at radius 3 is 2.73 bits per heavy atom. The fourth-order valence-electron chi connectivity index (χ4n) is 1.49. The van der Waals surface area contributed by atoms with Crippen LogP contribution in [0.15, 0.2) is 0 Å². The summed E-state index contributed by atoms with van der Waals surface area (Å²) < 4.78 is 1.53. The molecule has 0 radical (unpaired) electrons. The van der Waals surface area contributed by atoms with Gasteiger partial charge in [0.15, 0.2) is 0 Å². The Kier molecular flexibility index (Phi) is 3.71. The van der Waals surface area contributed by atoms with E-state index in [9.17, 15) is 4.79 Å². The van der Waals surface area contributed by atoms with Gasteiger partial charge >= 0.3 is 5.97 Å². The average Bonchev–Trinajstić information content (AvgIpc) is 2.37. The van der Waals surface area contributed by atoms with Gasteiger partial charge in [-0.05, 0) is 13.3 Å². The Morgan fingerprint density at radius 2 is 2.33 bits per heavy atom. The molecule has 0 aromatic carbocycles. The van der Waals surface area contributed by atoms with Crippen LogP contribution in [0.4, 0.5) is 0 Å². The van der Waals surface area contributed by atoms with Crippen molar-refractivity contribution >= 4 is 17.6 Å². The second kappa shape index (κ2) is 4.63. The highest BCUT2D eigenvalue weighted by Gasteiger charge is 2.18. The van der Waals surface area contributed by atoms with Gasteiger partial charge in [0.1, 0.15) is 5.15 Å². The topological polar surface area (TPSA) is 81.1 Å². The molecule has 0 aliphatic carbocycles. The minimum absolute atomic E-state index is 0.0336. The van der Waals surface area contributed by atoms with Gasteiger partial charge < -0.3 is 10.8 Å². The molecule has 1 atom stereocenters. The van der Waals surface area contributed by atoms with Crippen molar-refractivity contribution in [1.29, 1.82) is 0 Å². The third-order valence-corrected chi connectivity index (χ3v) is 2.68. The maximum Gasteiger partial charge on any atom is 0.303 e. The Hall–Kier alpha value is -1.07. The van der Waals surface area contributed by atoms with Crippen molar-refractivity contribution in [2.24, 2.45) is 12.8 Å². The Balaban J connectivity index is 2.81. The number of aliphatic carboxylic acids is 1. The minimum atomic E-state index is -0.858. The average molecular weight is 232 g/mol. The van der Waals surface area contributed by atoms with Crippen LogP contribution in [0.1, 0.15) is 30.1 Å². The molecule has 1 rings (SSSR count). The van der Waals surface area contributed by atoms with E-state index in [2.05, 4.69) is 5.10 Å². The molecule has 1 aromatic rings. The van der Waals surface area contributed by atoms with Crippen LogP contribution in [-0.2, 0) is 11.8 Å². The zero-order chi connectivity index (χ0) is 11.6. The van der Waals surface area contributed by atoms with Crippen LogP contribution in [0.5, 0.6) is 0 Å². The highest BCUT2D eigenvalue weighted by molar-refractivity contribution is 6.30. The van der Waals surface area contributed by atoms with Gasteiger partial charge in [-0.1, -0.05) is 11.6 Å². The minimum Gasteiger partial charge on any atom is -0.481 e. The summed E-state index contributed by atoms with van der Waals surface area (Å²) in [5.74, 6) is -0.858. The van der Waals surface area contributed by atoms with E-state index in [1.54, 1.807) is 7.05 Å². The second-order valence-corrected chi connectivity index (χ2v) is 3.81. The number of hydrogen-bond donors (Lipinski definition) is 2. The predicted octanol–water partition coefficient (Wildman–Crippen LogP) is 1.25. The highest BCUT2D eigenvalue weighted by Crippen LogP contribution is 2.26. The van der Waals surface area contributed by atoms with Crippen LogP contribution < -0.4 is 5.73 Å². The van der Waals surface area contributed by atoms with E-state index in [0.29, 0.717) is 11.6 Å². The molecule has 0 aliphatic rings. The number of carbonyl (C=O) groups is 1. The normalized spacial score (nSPS) is 12.8. The van der Waals surface area contributed by atoms with Crippen molar-refractivity contribution < 1.29 is 9.90 Å². The summed E-state index contributed by atoms with van der Waals surface area (Å²) in [7, 11) is 1.72. The van der Waals surface area contributed by atoms with Crippen molar-refractivity contribution in [2.75, 3.05) is 0 Å². The first-order valence-electron chi connectivity index (χ1n) is 4.59. The molecule has 0 saturated carbocycles. The molecule has 0 fully saturated rings. The number of aromatic nitrogens is 2. The van der Waals surface area contributed by atoms with E-state index < -0.39 is 5.97 Å². The van der Waals surface area contributed by atoms with Gasteiger partial charge in [-0.2, -0.15) is 5.10 Å². The number of carboxylic acid groups (broad SMARTS) is 1. The van der Waals surface area contributed by atoms with Gasteiger partial charge in [0.2, 0.25) is 0 Å². The van der Waals surface area contributed by atoms with E-state index in [1.807, 2.05) is 6.92 Å². The second-order valence-electron chi connectivity index (χ2n) is 3.45. The molecule has 6 heteroatoms. The molecule has 0 bridgehead atoms. The third kappa shape index (κ3) is 2.70. The number of hydrogen-bond acceptors (Lipinski definition) is 3. The van der Waals surface area contributed by atoms with E-state index in [4.69, 9.17) is 22.4 Å². The summed E-state index contributed by atoms with van der Waals surface area (Å²) in [6.07, 6.45) is 0.396. The molecule has 0 aliphatic heterocycles. The molecule has 3 N–H and O–H groups in total. The Labute approximate surface area is 92.8 Å². The molecule has 0 amide bonds. The van der Waals surface area contributed by atoms with Crippen molar-refractivity contribution in [1.82, 2.24) is 9.78 Å². The van der Waals surface area contributed by atoms with Crippen LogP contribution in [0.25, 0.3) is 0 Å². The van der Waals surface area contributed by atoms with Crippen LogP contribution in [0.2, 0.25) is 5.15 Å². The lowest BCUT2D eigenvalue weighted by Crippen LogP contribution is -2.13. The van der Waals surface area contributed by atoms with E-state index in [-0.39, 0.29) is 12.5 Å². The number of nitrogens with two attached hydrogens (primary N) is 1. The van der Waals surface area contributed by atoms with Gasteiger partial charge in [-0.3, -0.25) is 9.48 Å². The Bertz CT molecular complexity index is 376. The van der Waals surface area contributed by atoms with Crippen molar-refractivity contribution in [2.45, 2.75) is 25.8 Å². The lowest BCUT2D eigenvalue weighted by atomic mass is 10.0. The summed E-state index contributed by atoms with van der Waals surface area (Å²) in [5, 5.41) is 13.1. The maximum atomic E-state index is 10.4. The summed E-state index contributed by atoms with van der Waals surface area (Å²) in [4.78, 5) is 10.4. The lowest BCUT2D eigenvalue weighted by Gasteiger charge is -2.09. The fraction of sp³-hybridized carbons (Fsp3) is 0.556. The summed E-state index contributed by atoms with van der Waals surface area (Å²) >= 11 is 6.00. The van der Waals surface area contributed by atoms with Crippen LogP contribution >= 0.6 is 11.6 Å². The standard InChI is InChI=1S/C9H14ClN3O2/c1-5-8(9(10)13(2)12-5)6(11)3-4-7(14)15/h6H,3-4,11H2,1-2H3,(H,14,15). The number of nitrogens with zero attached hydrogens (tertiary/aromatic N) is 2. The van der Waals surface area contributed by atoms with Gasteiger partial charge in [0, 0.05) is 25.1 Å². The van der Waals surface area contributed by atoms with Gasteiger partial charge in [0.25, 0.3) is 0 Å². The largest absolute Gasteiger partial charge is 0.481 e. The highest BCUT2D eigenvalue weighted by atomic mass is 35.5. The van der Waals surface area contributed by atoms with Gasteiger partial charge in [-0.15, -0.1) is 0 Å². The Morgan fingerprint density at radius 1 is 1.73 bits per heavy atom. The van der Waals surface area contributed by atoms with Gasteiger partial charge in [0.05, 0.1) is 5.69 Å². The zero-order valence-corrected chi connectivity index (χ0v) is 9.45. The first-order valence-corrected chi connectivity index (χ1v) is 4.97. The van der Waals surface area contributed by atoms with E-state index in [0.717, 1.165) is 11.3 Å². The fourth-order valence-corrected chi connectivity index (χ4v) is 1.81. The van der Waals surface area contributed by atoms with Crippen LogP contribution in [0.3, 0.4) is 0 Å². The molecule has 1 heterocycles. The van der Waals surface area contributed by atoms with Crippen LogP contribution in [0, 0.1) is 6.92 Å². The van der Waals surface area contributed by atoms with Crippen molar-refractivity contribution in [3.8, 4) is 0 Å². The predicted molar refractivity (Wildman–Crippen MR) is 56.8 cm³/mol. The molecule has 1 unspecified atom stereocenters. The summed E-state index contributed by atoms with van der Waals surface area (Å²) in [6.45, 7) is 1.81. The quantitative estimate of drug-likeness (QED) is 0.817. The summed E-state index contributed by atoms with van der Waals surface area (Å²) in [5.41, 5.74) is 7.34. The SMILES string of the molecule is Cc1nn(C)c(Cl)c1C(N)CCC(=O)O. The molecule has 84 valence electrons. The summed E-state index contributed by atoms with van der Waals surface area (Å²) in [6, 6.07) is -0.373.